The van der Waals surface area contributed by atoms with Crippen LogP contribution in [0.5, 0.6) is 0 Å². The number of nitrogen functional groups attached to an aromatic ring is 1. The predicted octanol–water partition coefficient (Wildman–Crippen LogP) is 1.65. The summed E-state index contributed by atoms with van der Waals surface area (Å²) in [4.78, 5) is 8.64. The molecule has 0 bridgehead atoms. The van der Waals surface area contributed by atoms with Gasteiger partial charge in [-0.3, -0.25) is 4.57 Å². The van der Waals surface area contributed by atoms with Gasteiger partial charge in [-0.15, -0.1) is 5.10 Å². The third-order valence-electron chi connectivity index (χ3n) is 3.07. The first-order valence-corrected chi connectivity index (χ1v) is 5.86. The van der Waals surface area contributed by atoms with Crippen molar-refractivity contribution in [3.05, 3.63) is 48.9 Å². The van der Waals surface area contributed by atoms with Crippen LogP contribution in [-0.2, 0) is 0 Å². The van der Waals surface area contributed by atoms with Crippen molar-refractivity contribution in [2.45, 2.75) is 0 Å². The van der Waals surface area contributed by atoms with Gasteiger partial charge in [0.2, 0.25) is 5.95 Å². The van der Waals surface area contributed by atoms with E-state index in [1.54, 1.807) is 10.8 Å². The topological polar surface area (TPSA) is 74.0 Å². The molecular weight excluding hydrogens is 240 g/mol. The molecule has 3 heterocycles. The fourth-order valence-electron chi connectivity index (χ4n) is 2.25. The van der Waals surface area contributed by atoms with Gasteiger partial charge in [0, 0.05) is 6.20 Å². The van der Waals surface area contributed by atoms with Crippen molar-refractivity contribution in [3.8, 4) is 5.69 Å². The van der Waals surface area contributed by atoms with Crippen LogP contribution in [0.25, 0.3) is 22.4 Å². The number of pyridine rings is 1. The number of hydrogen-bond donors (Lipinski definition) is 1. The number of aromatic nitrogens is 5. The number of para-hydroxylation sites is 2. The highest BCUT2D eigenvalue weighted by atomic mass is 15.3. The van der Waals surface area contributed by atoms with E-state index in [0.717, 1.165) is 16.7 Å². The van der Waals surface area contributed by atoms with E-state index in [4.69, 9.17) is 5.73 Å². The molecule has 0 atom stereocenters. The van der Waals surface area contributed by atoms with Gasteiger partial charge in [-0.2, -0.15) is 4.98 Å². The Hall–Kier alpha value is -2.89. The largest absolute Gasteiger partial charge is 0.366 e. The lowest BCUT2D eigenvalue weighted by Crippen LogP contribution is -1.97. The summed E-state index contributed by atoms with van der Waals surface area (Å²) in [7, 11) is 0. The predicted molar refractivity (Wildman–Crippen MR) is 72.0 cm³/mol. The number of nitrogens with two attached hydrogens (primary N) is 1. The van der Waals surface area contributed by atoms with Crippen molar-refractivity contribution < 1.29 is 0 Å². The zero-order chi connectivity index (χ0) is 12.8. The van der Waals surface area contributed by atoms with Crippen LogP contribution >= 0.6 is 0 Å². The van der Waals surface area contributed by atoms with Crippen LogP contribution < -0.4 is 5.73 Å². The first kappa shape index (κ1) is 10.1. The Morgan fingerprint density at radius 2 is 1.95 bits per heavy atom. The molecule has 0 aliphatic carbocycles. The molecule has 0 amide bonds. The number of anilines is 1. The molecular formula is C13H10N6. The monoisotopic (exact) mass is 250 g/mol. The first-order chi connectivity index (χ1) is 9.33. The highest BCUT2D eigenvalue weighted by Crippen LogP contribution is 2.20. The van der Waals surface area contributed by atoms with Gasteiger partial charge in [0.25, 0.3) is 0 Å². The Bertz CT molecular complexity index is 888. The van der Waals surface area contributed by atoms with Crippen molar-refractivity contribution >= 4 is 22.6 Å². The third-order valence-corrected chi connectivity index (χ3v) is 3.07. The summed E-state index contributed by atoms with van der Waals surface area (Å²) in [5, 5.41) is 4.11. The van der Waals surface area contributed by atoms with Crippen LogP contribution in [0.2, 0.25) is 0 Å². The molecule has 0 aliphatic rings. The Morgan fingerprint density at radius 3 is 2.89 bits per heavy atom. The fraction of sp³-hybridized carbons (Fsp3) is 0. The van der Waals surface area contributed by atoms with E-state index in [1.165, 1.54) is 0 Å². The number of nitrogens with zero attached hydrogens (tertiary/aromatic N) is 5. The average molecular weight is 250 g/mol. The van der Waals surface area contributed by atoms with Crippen molar-refractivity contribution in [1.29, 1.82) is 0 Å². The fourth-order valence-corrected chi connectivity index (χ4v) is 2.25. The molecule has 3 aromatic heterocycles. The standard InChI is InChI=1S/C13H10N6/c14-13-16-12-11(6-3-7-19(12)17-13)18-8-15-9-4-1-2-5-10(9)18/h1-8H,(H2,14,17). The summed E-state index contributed by atoms with van der Waals surface area (Å²) in [5.74, 6) is 0.261. The van der Waals surface area contributed by atoms with Gasteiger partial charge in [-0.05, 0) is 24.3 Å². The van der Waals surface area contributed by atoms with E-state index >= 15 is 0 Å². The van der Waals surface area contributed by atoms with E-state index in [1.807, 2.05) is 47.2 Å². The van der Waals surface area contributed by atoms with Crippen molar-refractivity contribution in [3.63, 3.8) is 0 Å². The summed E-state index contributed by atoms with van der Waals surface area (Å²) in [6.45, 7) is 0. The average Bonchev–Trinajstić information content (AvgIpc) is 3.00. The number of fused-ring (bicyclic) bond motifs is 2. The zero-order valence-corrected chi connectivity index (χ0v) is 9.93. The second-order valence-corrected chi connectivity index (χ2v) is 4.23. The lowest BCUT2D eigenvalue weighted by Gasteiger charge is -2.04. The van der Waals surface area contributed by atoms with Gasteiger partial charge in [0.1, 0.15) is 6.33 Å². The Balaban J connectivity index is 2.09. The molecule has 92 valence electrons. The highest BCUT2D eigenvalue weighted by molar-refractivity contribution is 5.79. The molecule has 0 aliphatic heterocycles. The second-order valence-electron chi connectivity index (χ2n) is 4.23. The van der Waals surface area contributed by atoms with Crippen molar-refractivity contribution in [2.24, 2.45) is 0 Å². The molecule has 0 fully saturated rings. The number of benzene rings is 1. The maximum absolute atomic E-state index is 5.66. The molecule has 4 rings (SSSR count). The molecule has 0 radical (unpaired) electrons. The van der Waals surface area contributed by atoms with Crippen LogP contribution in [0.15, 0.2) is 48.9 Å². The number of hydrogen-bond acceptors (Lipinski definition) is 4. The van der Waals surface area contributed by atoms with E-state index < -0.39 is 0 Å². The van der Waals surface area contributed by atoms with Gasteiger partial charge in [-0.1, -0.05) is 12.1 Å². The molecule has 0 unspecified atom stereocenters. The van der Waals surface area contributed by atoms with Gasteiger partial charge >= 0.3 is 0 Å². The van der Waals surface area contributed by atoms with Gasteiger partial charge in [0.15, 0.2) is 5.65 Å². The van der Waals surface area contributed by atoms with E-state index in [2.05, 4.69) is 15.1 Å². The van der Waals surface area contributed by atoms with Crippen LogP contribution in [0, 0.1) is 0 Å². The Labute approximate surface area is 108 Å². The molecule has 0 spiro atoms. The summed E-state index contributed by atoms with van der Waals surface area (Å²) in [6.07, 6.45) is 3.60. The van der Waals surface area contributed by atoms with Gasteiger partial charge in [-0.25, -0.2) is 9.50 Å². The molecule has 6 nitrogen and oxygen atoms in total. The van der Waals surface area contributed by atoms with E-state index in [-0.39, 0.29) is 5.95 Å². The molecule has 6 heteroatoms. The molecule has 0 saturated heterocycles. The van der Waals surface area contributed by atoms with Gasteiger partial charge < -0.3 is 5.73 Å². The highest BCUT2D eigenvalue weighted by Gasteiger charge is 2.10. The normalized spacial score (nSPS) is 11.4. The molecule has 2 N–H and O–H groups in total. The maximum Gasteiger partial charge on any atom is 0.240 e. The van der Waals surface area contributed by atoms with E-state index in [9.17, 15) is 0 Å². The SMILES string of the molecule is Nc1nc2c(-n3cnc4ccccc43)cccn2n1. The smallest absolute Gasteiger partial charge is 0.240 e. The minimum atomic E-state index is 0.261. The van der Waals surface area contributed by atoms with Crippen LogP contribution in [-0.4, -0.2) is 24.1 Å². The summed E-state index contributed by atoms with van der Waals surface area (Å²) in [6, 6.07) is 11.8. The maximum atomic E-state index is 5.66. The number of rotatable bonds is 1. The zero-order valence-electron chi connectivity index (χ0n) is 9.93. The Kier molecular flexibility index (Phi) is 1.88. The Morgan fingerprint density at radius 1 is 1.05 bits per heavy atom. The van der Waals surface area contributed by atoms with Crippen molar-refractivity contribution in [1.82, 2.24) is 24.1 Å². The molecule has 4 aromatic rings. The lowest BCUT2D eigenvalue weighted by atomic mass is 10.3. The number of imidazole rings is 1. The summed E-state index contributed by atoms with van der Waals surface area (Å²) >= 11 is 0. The first-order valence-electron chi connectivity index (χ1n) is 5.86. The minimum absolute atomic E-state index is 0.261. The van der Waals surface area contributed by atoms with Crippen LogP contribution in [0.4, 0.5) is 5.95 Å². The van der Waals surface area contributed by atoms with Crippen LogP contribution in [0.1, 0.15) is 0 Å². The minimum Gasteiger partial charge on any atom is -0.366 e. The van der Waals surface area contributed by atoms with Crippen LogP contribution in [0.3, 0.4) is 0 Å². The molecule has 0 saturated carbocycles. The quantitative estimate of drug-likeness (QED) is 0.557. The molecule has 1 aromatic carbocycles. The third kappa shape index (κ3) is 1.40. The second kappa shape index (κ2) is 3.55. The molecule has 19 heavy (non-hydrogen) atoms. The summed E-state index contributed by atoms with van der Waals surface area (Å²) < 4.78 is 3.65. The lowest BCUT2D eigenvalue weighted by molar-refractivity contribution is 0.953. The van der Waals surface area contributed by atoms with Crippen molar-refractivity contribution in [2.75, 3.05) is 5.73 Å². The van der Waals surface area contributed by atoms with Gasteiger partial charge in [0.05, 0.1) is 16.7 Å². The van der Waals surface area contributed by atoms with E-state index in [0.29, 0.717) is 5.65 Å². The summed E-state index contributed by atoms with van der Waals surface area (Å²) in [5.41, 5.74) is 9.24.